The molecule has 1 aromatic carbocycles. The van der Waals surface area contributed by atoms with E-state index < -0.39 is 21.5 Å². The first-order valence-electron chi connectivity index (χ1n) is 7.88. The second-order valence-corrected chi connectivity index (χ2v) is 9.36. The third kappa shape index (κ3) is 4.22. The molecule has 24 heavy (non-hydrogen) atoms. The van der Waals surface area contributed by atoms with E-state index in [1.807, 2.05) is 0 Å². The zero-order valence-corrected chi connectivity index (χ0v) is 16.1. The Bertz CT molecular complexity index is 637. The number of piperidine rings is 1. The molecule has 0 spiro atoms. The highest BCUT2D eigenvalue weighted by molar-refractivity contribution is 7.84. The van der Waals surface area contributed by atoms with Gasteiger partial charge >= 0.3 is 0 Å². The molecule has 0 bridgehead atoms. The van der Waals surface area contributed by atoms with Crippen molar-refractivity contribution in [3.63, 3.8) is 0 Å². The van der Waals surface area contributed by atoms with Gasteiger partial charge in [-0.2, -0.15) is 0 Å². The summed E-state index contributed by atoms with van der Waals surface area (Å²) in [6, 6.07) is 1.27. The summed E-state index contributed by atoms with van der Waals surface area (Å²) in [5.74, 6) is -1.14. The number of phenolic OH excluding ortho intramolecular Hbond substituents is 1. The van der Waals surface area contributed by atoms with E-state index in [-0.39, 0.29) is 33.2 Å². The van der Waals surface area contributed by atoms with Gasteiger partial charge in [0.2, 0.25) is 0 Å². The van der Waals surface area contributed by atoms with E-state index in [1.54, 1.807) is 13.8 Å². The van der Waals surface area contributed by atoms with Crippen molar-refractivity contribution in [2.75, 3.05) is 13.1 Å². The summed E-state index contributed by atoms with van der Waals surface area (Å²) < 4.78 is 26.0. The minimum absolute atomic E-state index is 0.0267. The van der Waals surface area contributed by atoms with Gasteiger partial charge in [-0.25, -0.2) is 8.60 Å². The Morgan fingerprint density at radius 2 is 2.04 bits per heavy atom. The smallest absolute Gasteiger partial charge is 0.150 e. The fourth-order valence-corrected chi connectivity index (χ4v) is 4.00. The number of halogens is 3. The van der Waals surface area contributed by atoms with Crippen LogP contribution in [0.1, 0.15) is 44.6 Å². The highest BCUT2D eigenvalue weighted by atomic mass is 35.5. The first-order valence-corrected chi connectivity index (χ1v) is 9.85. The summed E-state index contributed by atoms with van der Waals surface area (Å²) in [4.78, 5) is 0. The van der Waals surface area contributed by atoms with Crippen molar-refractivity contribution < 1.29 is 13.7 Å². The van der Waals surface area contributed by atoms with Crippen LogP contribution in [0.3, 0.4) is 0 Å². The van der Waals surface area contributed by atoms with Gasteiger partial charge in [0.15, 0.2) is 0 Å². The van der Waals surface area contributed by atoms with Crippen molar-refractivity contribution in [2.45, 2.75) is 43.8 Å². The lowest BCUT2D eigenvalue weighted by Gasteiger charge is -2.36. The van der Waals surface area contributed by atoms with Gasteiger partial charge in [-0.3, -0.25) is 5.14 Å². The minimum Gasteiger partial charge on any atom is -0.507 e. The van der Waals surface area contributed by atoms with Crippen molar-refractivity contribution >= 4 is 34.2 Å². The predicted octanol–water partition coefficient (Wildman–Crippen LogP) is 3.71. The number of nitrogens with two attached hydrogens (primary N) is 1. The van der Waals surface area contributed by atoms with Crippen LogP contribution in [0.5, 0.6) is 5.75 Å². The average Bonchev–Trinajstić information content (AvgIpc) is 2.52. The zero-order valence-electron chi connectivity index (χ0n) is 13.7. The Morgan fingerprint density at radius 3 is 2.58 bits per heavy atom. The second-order valence-electron chi connectivity index (χ2n) is 6.87. The Balaban J connectivity index is 2.50. The molecule has 1 fully saturated rings. The Hall–Kier alpha value is -0.400. The monoisotopic (exact) mass is 396 g/mol. The van der Waals surface area contributed by atoms with Gasteiger partial charge in [0, 0.05) is 11.6 Å². The van der Waals surface area contributed by atoms with Gasteiger partial charge in [-0.1, -0.05) is 23.2 Å². The maximum absolute atomic E-state index is 14.8. The third-order valence-corrected chi connectivity index (χ3v) is 6.78. The molecule has 1 aromatic rings. The predicted molar refractivity (Wildman–Crippen MR) is 97.4 cm³/mol. The highest BCUT2D eigenvalue weighted by Crippen LogP contribution is 2.45. The van der Waals surface area contributed by atoms with Gasteiger partial charge in [-0.05, 0) is 58.0 Å². The first-order chi connectivity index (χ1) is 11.1. The molecule has 1 aliphatic heterocycles. The lowest BCUT2D eigenvalue weighted by atomic mass is 9.75. The van der Waals surface area contributed by atoms with Crippen LogP contribution in [-0.4, -0.2) is 27.2 Å². The van der Waals surface area contributed by atoms with Crippen molar-refractivity contribution in [3.05, 3.63) is 27.5 Å². The third-order valence-electron chi connectivity index (χ3n) is 4.76. The lowest BCUT2D eigenvalue weighted by Crippen LogP contribution is -2.38. The number of phenols is 1. The van der Waals surface area contributed by atoms with E-state index in [0.717, 1.165) is 25.9 Å². The van der Waals surface area contributed by atoms with E-state index in [4.69, 9.17) is 28.3 Å². The SMILES string of the molecule is CC(C)(C[C@H](c1c(O)cc(Cl)c(Cl)c1F)C1CCNCC1)S(N)=O. The Kier molecular flexibility index (Phi) is 6.53. The van der Waals surface area contributed by atoms with E-state index in [2.05, 4.69) is 5.32 Å². The average molecular weight is 397 g/mol. The number of aromatic hydroxyl groups is 1. The van der Waals surface area contributed by atoms with Crippen molar-refractivity contribution in [2.24, 2.45) is 11.1 Å². The number of nitrogens with one attached hydrogen (secondary N) is 1. The molecule has 1 heterocycles. The minimum atomic E-state index is -1.58. The molecule has 1 saturated heterocycles. The van der Waals surface area contributed by atoms with Crippen LogP contribution in [0.25, 0.3) is 0 Å². The molecule has 0 amide bonds. The quantitative estimate of drug-likeness (QED) is 0.663. The maximum atomic E-state index is 14.8. The molecule has 2 rings (SSSR count). The zero-order chi connectivity index (χ0) is 18.1. The summed E-state index contributed by atoms with van der Waals surface area (Å²) in [6.07, 6.45) is 2.04. The van der Waals surface area contributed by atoms with Crippen molar-refractivity contribution in [3.8, 4) is 5.75 Å². The number of rotatable bonds is 5. The van der Waals surface area contributed by atoms with Gasteiger partial charge in [-0.15, -0.1) is 0 Å². The van der Waals surface area contributed by atoms with Crippen LogP contribution >= 0.6 is 23.2 Å². The van der Waals surface area contributed by atoms with Gasteiger partial charge in [0.05, 0.1) is 25.8 Å². The number of hydrogen-bond donors (Lipinski definition) is 3. The fourth-order valence-electron chi connectivity index (χ4n) is 3.31. The molecule has 8 heteroatoms. The molecule has 1 unspecified atom stereocenters. The Labute approximate surface area is 154 Å². The van der Waals surface area contributed by atoms with Crippen LogP contribution < -0.4 is 10.5 Å². The molecule has 4 N–H and O–H groups in total. The summed E-state index contributed by atoms with van der Waals surface area (Å²) in [5.41, 5.74) is 0.148. The lowest BCUT2D eigenvalue weighted by molar-refractivity contribution is 0.282. The molecule has 0 aromatic heterocycles. The summed E-state index contributed by atoms with van der Waals surface area (Å²) >= 11 is 11.8. The van der Waals surface area contributed by atoms with E-state index in [0.29, 0.717) is 6.42 Å². The largest absolute Gasteiger partial charge is 0.507 e. The van der Waals surface area contributed by atoms with Crippen molar-refractivity contribution in [1.29, 1.82) is 0 Å². The van der Waals surface area contributed by atoms with E-state index in [1.165, 1.54) is 6.07 Å². The van der Waals surface area contributed by atoms with Crippen LogP contribution in [0, 0.1) is 11.7 Å². The summed E-state index contributed by atoms with van der Waals surface area (Å²) in [6.45, 7) is 5.20. The molecule has 0 saturated carbocycles. The molecule has 0 radical (unpaired) electrons. The topological polar surface area (TPSA) is 75.3 Å². The van der Waals surface area contributed by atoms with Crippen molar-refractivity contribution in [1.82, 2.24) is 5.32 Å². The molecule has 4 nitrogen and oxygen atoms in total. The highest BCUT2D eigenvalue weighted by Gasteiger charge is 2.37. The van der Waals surface area contributed by atoms with Crippen LogP contribution in [0.4, 0.5) is 4.39 Å². The maximum Gasteiger partial charge on any atom is 0.150 e. The van der Waals surface area contributed by atoms with Crippen LogP contribution in [0.15, 0.2) is 6.07 Å². The molecule has 136 valence electrons. The number of hydrogen-bond acceptors (Lipinski definition) is 3. The van der Waals surface area contributed by atoms with Crippen LogP contribution in [-0.2, 0) is 11.0 Å². The van der Waals surface area contributed by atoms with Gasteiger partial charge in [0.25, 0.3) is 0 Å². The normalized spacial score (nSPS) is 19.2. The van der Waals surface area contributed by atoms with E-state index >= 15 is 0 Å². The van der Waals surface area contributed by atoms with Gasteiger partial charge < -0.3 is 10.4 Å². The molecule has 0 aliphatic carbocycles. The molecule has 2 atom stereocenters. The van der Waals surface area contributed by atoms with E-state index in [9.17, 15) is 13.7 Å². The number of benzene rings is 1. The standard InChI is InChI=1S/C16H23Cl2FN2O2S/c1-16(2,24(20)23)8-10(9-3-5-21-6-4-9)13-12(22)7-11(17)14(18)15(13)19/h7,9-10,21-22H,3-6,8,20H2,1-2H3/t10-,24?/m0/s1. The summed E-state index contributed by atoms with van der Waals surface area (Å²) in [7, 11) is -1.58. The molecular weight excluding hydrogens is 374 g/mol. The first kappa shape index (κ1) is 19.9. The second kappa shape index (κ2) is 7.87. The van der Waals surface area contributed by atoms with Gasteiger partial charge in [0.1, 0.15) is 11.6 Å². The summed E-state index contributed by atoms with van der Waals surface area (Å²) in [5, 5.41) is 19.0. The van der Waals surface area contributed by atoms with Crippen LogP contribution in [0.2, 0.25) is 10.0 Å². The molecule has 1 aliphatic rings. The molecular formula is C16H23Cl2FN2O2S. The fraction of sp³-hybridized carbons (Fsp3) is 0.625. The Morgan fingerprint density at radius 1 is 1.46 bits per heavy atom.